The molecule has 0 spiro atoms. The van der Waals surface area contributed by atoms with Gasteiger partial charge in [0.15, 0.2) is 0 Å². The highest BCUT2D eigenvalue weighted by molar-refractivity contribution is 5.53. The van der Waals surface area contributed by atoms with Crippen LogP contribution in [0.25, 0.3) is 0 Å². The van der Waals surface area contributed by atoms with Gasteiger partial charge in [0.2, 0.25) is 0 Å². The van der Waals surface area contributed by atoms with E-state index in [0.29, 0.717) is 0 Å². The average Bonchev–Trinajstić information content (AvgIpc) is 2.93. The molecule has 0 radical (unpaired) electrons. The van der Waals surface area contributed by atoms with Gasteiger partial charge in [-0.3, -0.25) is 9.88 Å². The third-order valence-electron chi connectivity index (χ3n) is 4.27. The molecule has 0 bridgehead atoms. The van der Waals surface area contributed by atoms with Gasteiger partial charge in [-0.2, -0.15) is 0 Å². The van der Waals surface area contributed by atoms with E-state index in [1.54, 1.807) is 6.20 Å². The predicted octanol–water partition coefficient (Wildman–Crippen LogP) is 1.73. The Morgan fingerprint density at radius 3 is 2.44 bits per heavy atom. The zero-order valence-corrected chi connectivity index (χ0v) is 10.9. The van der Waals surface area contributed by atoms with Crippen LogP contribution in [0.1, 0.15) is 25.7 Å². The summed E-state index contributed by atoms with van der Waals surface area (Å²) in [5, 5.41) is 0. The molecule has 2 aliphatic rings. The van der Waals surface area contributed by atoms with Gasteiger partial charge in [-0.1, -0.05) is 12.8 Å². The summed E-state index contributed by atoms with van der Waals surface area (Å²) in [7, 11) is 0. The van der Waals surface area contributed by atoms with Gasteiger partial charge in [-0.25, -0.2) is 0 Å². The Kier molecular flexibility index (Phi) is 3.37. The van der Waals surface area contributed by atoms with E-state index in [9.17, 15) is 0 Å². The molecule has 18 heavy (non-hydrogen) atoms. The zero-order chi connectivity index (χ0) is 12.4. The number of anilines is 2. The fourth-order valence-electron chi connectivity index (χ4n) is 3.23. The number of nitrogens with zero attached hydrogens (tertiary/aromatic N) is 3. The van der Waals surface area contributed by atoms with E-state index in [-0.39, 0.29) is 0 Å². The van der Waals surface area contributed by atoms with Crippen molar-refractivity contribution in [3.63, 3.8) is 0 Å². The Bertz CT molecular complexity index is 393. The van der Waals surface area contributed by atoms with Crippen LogP contribution in [0.15, 0.2) is 18.5 Å². The average molecular weight is 246 g/mol. The molecule has 1 aliphatic heterocycles. The fourth-order valence-corrected chi connectivity index (χ4v) is 3.23. The van der Waals surface area contributed by atoms with Crippen LogP contribution in [-0.2, 0) is 0 Å². The third-order valence-corrected chi connectivity index (χ3v) is 4.27. The molecule has 98 valence electrons. The molecule has 4 heteroatoms. The Morgan fingerprint density at radius 1 is 1.06 bits per heavy atom. The van der Waals surface area contributed by atoms with Crippen LogP contribution in [-0.4, -0.2) is 42.1 Å². The van der Waals surface area contributed by atoms with E-state index in [1.807, 2.05) is 12.3 Å². The molecule has 3 rings (SSSR count). The molecule has 1 aromatic heterocycles. The molecule has 2 N–H and O–H groups in total. The first-order valence-corrected chi connectivity index (χ1v) is 7.02. The summed E-state index contributed by atoms with van der Waals surface area (Å²) in [5.74, 6) is 0. The summed E-state index contributed by atoms with van der Waals surface area (Å²) in [6, 6.07) is 2.88. The largest absolute Gasteiger partial charge is 0.397 e. The maximum absolute atomic E-state index is 5.79. The Morgan fingerprint density at radius 2 is 1.78 bits per heavy atom. The van der Waals surface area contributed by atoms with Crippen LogP contribution in [0, 0.1) is 0 Å². The number of rotatable bonds is 2. The highest BCUT2D eigenvalue weighted by Crippen LogP contribution is 2.25. The second-order valence-corrected chi connectivity index (χ2v) is 5.44. The molecular formula is C14H22N4. The molecule has 1 saturated heterocycles. The van der Waals surface area contributed by atoms with Crippen LogP contribution in [0.2, 0.25) is 0 Å². The number of nitrogen functional groups attached to an aromatic ring is 1. The van der Waals surface area contributed by atoms with Crippen molar-refractivity contribution in [3.8, 4) is 0 Å². The Labute approximate surface area is 109 Å². The number of hydrogen-bond acceptors (Lipinski definition) is 4. The van der Waals surface area contributed by atoms with Gasteiger partial charge in [0.25, 0.3) is 0 Å². The Balaban J connectivity index is 1.59. The topological polar surface area (TPSA) is 45.4 Å². The van der Waals surface area contributed by atoms with E-state index in [4.69, 9.17) is 5.73 Å². The van der Waals surface area contributed by atoms with Crippen LogP contribution in [0.5, 0.6) is 0 Å². The highest BCUT2D eigenvalue weighted by atomic mass is 15.3. The summed E-state index contributed by atoms with van der Waals surface area (Å²) in [6.45, 7) is 4.56. The maximum Gasteiger partial charge on any atom is 0.0574 e. The first kappa shape index (κ1) is 11.8. The molecule has 0 atom stereocenters. The summed E-state index contributed by atoms with van der Waals surface area (Å²) < 4.78 is 0. The number of hydrogen-bond donors (Lipinski definition) is 1. The monoisotopic (exact) mass is 246 g/mol. The molecule has 2 fully saturated rings. The number of piperazine rings is 1. The summed E-state index contributed by atoms with van der Waals surface area (Å²) >= 11 is 0. The second-order valence-electron chi connectivity index (χ2n) is 5.44. The van der Waals surface area contributed by atoms with Crippen LogP contribution in [0.4, 0.5) is 11.4 Å². The second kappa shape index (κ2) is 5.14. The lowest BCUT2D eigenvalue weighted by Gasteiger charge is -2.39. The highest BCUT2D eigenvalue weighted by Gasteiger charge is 2.26. The van der Waals surface area contributed by atoms with Crippen molar-refractivity contribution in [3.05, 3.63) is 18.5 Å². The van der Waals surface area contributed by atoms with Crippen LogP contribution < -0.4 is 10.6 Å². The minimum absolute atomic E-state index is 0.755. The summed E-state index contributed by atoms with van der Waals surface area (Å²) in [6.07, 6.45) is 9.27. The summed E-state index contributed by atoms with van der Waals surface area (Å²) in [4.78, 5) is 9.24. The van der Waals surface area contributed by atoms with Gasteiger partial charge in [-0.15, -0.1) is 0 Å². The fraction of sp³-hybridized carbons (Fsp3) is 0.643. The standard InChI is InChI=1S/C14H22N4/c15-12-9-14(11-16-10-12)18-7-5-17(6-8-18)13-3-1-2-4-13/h9-11,13H,1-8,15H2. The lowest BCUT2D eigenvalue weighted by Crippen LogP contribution is -2.49. The SMILES string of the molecule is Nc1cncc(N2CCN(C3CCCC3)CC2)c1. The van der Waals surface area contributed by atoms with Crippen molar-refractivity contribution in [2.75, 3.05) is 36.8 Å². The van der Waals surface area contributed by atoms with Crippen molar-refractivity contribution < 1.29 is 0 Å². The summed E-state index contributed by atoms with van der Waals surface area (Å²) in [5.41, 5.74) is 7.72. The van der Waals surface area contributed by atoms with Crippen molar-refractivity contribution >= 4 is 11.4 Å². The molecular weight excluding hydrogens is 224 g/mol. The van der Waals surface area contributed by atoms with Crippen molar-refractivity contribution in [1.82, 2.24) is 9.88 Å². The maximum atomic E-state index is 5.79. The van der Waals surface area contributed by atoms with Crippen molar-refractivity contribution in [2.45, 2.75) is 31.7 Å². The molecule has 0 aromatic carbocycles. The van der Waals surface area contributed by atoms with Crippen LogP contribution in [0.3, 0.4) is 0 Å². The Hall–Kier alpha value is -1.29. The van der Waals surface area contributed by atoms with Gasteiger partial charge in [0.05, 0.1) is 17.6 Å². The number of nitrogens with two attached hydrogens (primary N) is 1. The first-order valence-electron chi connectivity index (χ1n) is 7.02. The van der Waals surface area contributed by atoms with E-state index in [2.05, 4.69) is 14.8 Å². The molecule has 0 unspecified atom stereocenters. The minimum atomic E-state index is 0.755. The number of aromatic nitrogens is 1. The molecule has 1 aliphatic carbocycles. The molecule has 0 amide bonds. The van der Waals surface area contributed by atoms with Crippen LogP contribution >= 0.6 is 0 Å². The molecule has 2 heterocycles. The van der Waals surface area contributed by atoms with Gasteiger partial charge < -0.3 is 10.6 Å². The van der Waals surface area contributed by atoms with Gasteiger partial charge >= 0.3 is 0 Å². The van der Waals surface area contributed by atoms with Crippen molar-refractivity contribution in [2.24, 2.45) is 0 Å². The first-order chi connectivity index (χ1) is 8.83. The van der Waals surface area contributed by atoms with Gasteiger partial charge in [-0.05, 0) is 18.9 Å². The smallest absolute Gasteiger partial charge is 0.0574 e. The molecule has 1 aromatic rings. The normalized spacial score (nSPS) is 22.6. The predicted molar refractivity (Wildman–Crippen MR) is 74.7 cm³/mol. The van der Waals surface area contributed by atoms with E-state index in [0.717, 1.165) is 24.8 Å². The molecule has 4 nitrogen and oxygen atoms in total. The van der Waals surface area contributed by atoms with Gasteiger partial charge in [0, 0.05) is 38.4 Å². The van der Waals surface area contributed by atoms with E-state index in [1.165, 1.54) is 44.5 Å². The van der Waals surface area contributed by atoms with E-state index >= 15 is 0 Å². The van der Waals surface area contributed by atoms with E-state index < -0.39 is 0 Å². The third kappa shape index (κ3) is 2.43. The van der Waals surface area contributed by atoms with Gasteiger partial charge in [0.1, 0.15) is 0 Å². The lowest BCUT2D eigenvalue weighted by molar-refractivity contribution is 0.187. The number of pyridine rings is 1. The zero-order valence-electron chi connectivity index (χ0n) is 10.9. The lowest BCUT2D eigenvalue weighted by atomic mass is 10.1. The quantitative estimate of drug-likeness (QED) is 0.863. The minimum Gasteiger partial charge on any atom is -0.397 e. The van der Waals surface area contributed by atoms with Crippen molar-refractivity contribution in [1.29, 1.82) is 0 Å². The molecule has 1 saturated carbocycles.